The van der Waals surface area contributed by atoms with E-state index in [4.69, 9.17) is 10.5 Å². The third-order valence-corrected chi connectivity index (χ3v) is 5.93. The molecular formula is C12H22N2O4S. The van der Waals surface area contributed by atoms with Crippen LogP contribution in [0, 0.1) is 5.41 Å². The van der Waals surface area contributed by atoms with Gasteiger partial charge in [0.25, 0.3) is 0 Å². The van der Waals surface area contributed by atoms with E-state index in [0.717, 1.165) is 0 Å². The van der Waals surface area contributed by atoms with Gasteiger partial charge >= 0.3 is 0 Å². The summed E-state index contributed by atoms with van der Waals surface area (Å²) >= 11 is 0. The fourth-order valence-corrected chi connectivity index (χ4v) is 4.15. The summed E-state index contributed by atoms with van der Waals surface area (Å²) in [4.78, 5) is 12.4. The fourth-order valence-electron chi connectivity index (χ4n) is 2.66. The summed E-state index contributed by atoms with van der Waals surface area (Å²) < 4.78 is 28.0. The Balaban J connectivity index is 1.93. The average Bonchev–Trinajstić information content (AvgIpc) is 2.42. The zero-order chi connectivity index (χ0) is 13.9. The highest BCUT2D eigenvalue weighted by Crippen LogP contribution is 2.30. The molecule has 2 aliphatic rings. The molecule has 3 N–H and O–H groups in total. The Hall–Kier alpha value is -0.660. The van der Waals surface area contributed by atoms with E-state index in [2.05, 4.69) is 5.32 Å². The monoisotopic (exact) mass is 290 g/mol. The van der Waals surface area contributed by atoms with Crippen LogP contribution in [0.25, 0.3) is 0 Å². The Bertz CT molecular complexity index is 415. The molecule has 0 unspecified atom stereocenters. The lowest BCUT2D eigenvalue weighted by atomic mass is 9.79. The van der Waals surface area contributed by atoms with Crippen LogP contribution in [-0.4, -0.2) is 51.6 Å². The molecule has 6 nitrogen and oxygen atoms in total. The minimum Gasteiger partial charge on any atom is -0.381 e. The van der Waals surface area contributed by atoms with Crippen molar-refractivity contribution in [1.82, 2.24) is 5.32 Å². The van der Waals surface area contributed by atoms with Crippen LogP contribution in [0.5, 0.6) is 0 Å². The van der Waals surface area contributed by atoms with Crippen LogP contribution < -0.4 is 11.1 Å². The Kier molecular flexibility index (Phi) is 4.47. The van der Waals surface area contributed by atoms with Gasteiger partial charge in [-0.15, -0.1) is 0 Å². The second-order valence-electron chi connectivity index (χ2n) is 5.50. The van der Waals surface area contributed by atoms with E-state index in [1.54, 1.807) is 0 Å². The summed E-state index contributed by atoms with van der Waals surface area (Å²) in [6, 6.07) is -0.0395. The molecule has 110 valence electrons. The van der Waals surface area contributed by atoms with E-state index in [0.29, 0.717) is 45.4 Å². The number of ether oxygens (including phenoxy) is 1. The zero-order valence-corrected chi connectivity index (χ0v) is 11.9. The number of rotatable bonds is 3. The summed E-state index contributed by atoms with van der Waals surface area (Å²) in [6.45, 7) is 1.43. The van der Waals surface area contributed by atoms with E-state index in [1.165, 1.54) is 0 Å². The van der Waals surface area contributed by atoms with Gasteiger partial charge in [0.2, 0.25) is 5.91 Å². The van der Waals surface area contributed by atoms with E-state index >= 15 is 0 Å². The van der Waals surface area contributed by atoms with Gasteiger partial charge in [0.15, 0.2) is 0 Å². The molecule has 19 heavy (non-hydrogen) atoms. The summed E-state index contributed by atoms with van der Waals surface area (Å²) in [6.07, 6.45) is 2.29. The highest BCUT2D eigenvalue weighted by atomic mass is 32.2. The first-order valence-corrected chi connectivity index (χ1v) is 8.59. The number of carbonyl (C=O) groups excluding carboxylic acids is 1. The predicted octanol–water partition coefficient (Wildman–Crippen LogP) is -0.565. The largest absolute Gasteiger partial charge is 0.381 e. The Morgan fingerprint density at radius 3 is 2.37 bits per heavy atom. The molecule has 2 aliphatic heterocycles. The van der Waals surface area contributed by atoms with Crippen molar-refractivity contribution in [1.29, 1.82) is 0 Å². The van der Waals surface area contributed by atoms with Crippen LogP contribution in [0.2, 0.25) is 0 Å². The molecule has 1 amide bonds. The minimum atomic E-state index is -2.89. The third kappa shape index (κ3) is 3.46. The van der Waals surface area contributed by atoms with Crippen molar-refractivity contribution in [3.8, 4) is 0 Å². The van der Waals surface area contributed by atoms with Crippen LogP contribution >= 0.6 is 0 Å². The number of nitrogens with one attached hydrogen (secondary N) is 1. The standard InChI is InChI=1S/C12H22N2O4S/c13-9-12(3-5-18-6-4-12)11(15)14-10-1-7-19(16,17)8-2-10/h10H,1-9,13H2,(H,14,15). The second kappa shape index (κ2) is 5.76. The summed E-state index contributed by atoms with van der Waals surface area (Å²) in [5.41, 5.74) is 5.24. The average molecular weight is 290 g/mol. The Labute approximate surface area is 114 Å². The van der Waals surface area contributed by atoms with Crippen molar-refractivity contribution in [2.24, 2.45) is 11.1 Å². The number of carbonyl (C=O) groups is 1. The van der Waals surface area contributed by atoms with Crippen LogP contribution in [-0.2, 0) is 19.4 Å². The SMILES string of the molecule is NCC1(C(=O)NC2CCS(=O)(=O)CC2)CCOCC1. The smallest absolute Gasteiger partial charge is 0.227 e. The molecule has 2 heterocycles. The van der Waals surface area contributed by atoms with Crippen molar-refractivity contribution in [2.75, 3.05) is 31.3 Å². The first kappa shape index (κ1) is 14.7. The van der Waals surface area contributed by atoms with Crippen LogP contribution in [0.15, 0.2) is 0 Å². The number of hydrogen-bond donors (Lipinski definition) is 2. The third-order valence-electron chi connectivity index (χ3n) is 4.21. The number of sulfone groups is 1. The molecule has 2 fully saturated rings. The quantitative estimate of drug-likeness (QED) is 0.725. The van der Waals surface area contributed by atoms with Gasteiger partial charge < -0.3 is 15.8 Å². The maximum atomic E-state index is 12.4. The van der Waals surface area contributed by atoms with Crippen molar-refractivity contribution in [2.45, 2.75) is 31.7 Å². The Morgan fingerprint density at radius 1 is 1.26 bits per heavy atom. The van der Waals surface area contributed by atoms with E-state index in [1.807, 2.05) is 0 Å². The molecule has 0 aliphatic carbocycles. The second-order valence-corrected chi connectivity index (χ2v) is 7.80. The van der Waals surface area contributed by atoms with Crippen molar-refractivity contribution >= 4 is 15.7 Å². The van der Waals surface area contributed by atoms with Gasteiger partial charge in [-0.3, -0.25) is 4.79 Å². The van der Waals surface area contributed by atoms with Crippen molar-refractivity contribution < 1.29 is 17.9 Å². The molecular weight excluding hydrogens is 268 g/mol. The predicted molar refractivity (Wildman–Crippen MR) is 71.4 cm³/mol. The number of amides is 1. The highest BCUT2D eigenvalue weighted by molar-refractivity contribution is 7.91. The molecule has 7 heteroatoms. The normalized spacial score (nSPS) is 26.8. The number of nitrogens with two attached hydrogens (primary N) is 1. The lowest BCUT2D eigenvalue weighted by Gasteiger charge is -2.36. The van der Waals surface area contributed by atoms with Gasteiger partial charge in [-0.05, 0) is 25.7 Å². The summed E-state index contributed by atoms with van der Waals surface area (Å²) in [7, 11) is -2.89. The first-order valence-electron chi connectivity index (χ1n) is 6.77. The van der Waals surface area contributed by atoms with Gasteiger partial charge in [0.1, 0.15) is 9.84 Å². The number of hydrogen-bond acceptors (Lipinski definition) is 5. The molecule has 2 saturated heterocycles. The van der Waals surface area contributed by atoms with Crippen molar-refractivity contribution in [3.05, 3.63) is 0 Å². The maximum Gasteiger partial charge on any atom is 0.227 e. The van der Waals surface area contributed by atoms with Gasteiger partial charge in [-0.2, -0.15) is 0 Å². The fraction of sp³-hybridized carbons (Fsp3) is 0.917. The topological polar surface area (TPSA) is 98.5 Å². The van der Waals surface area contributed by atoms with Crippen molar-refractivity contribution in [3.63, 3.8) is 0 Å². The molecule has 0 radical (unpaired) electrons. The molecule has 0 atom stereocenters. The molecule has 0 aromatic carbocycles. The van der Waals surface area contributed by atoms with E-state index < -0.39 is 15.3 Å². The van der Waals surface area contributed by atoms with Crippen LogP contribution in [0.1, 0.15) is 25.7 Å². The lowest BCUT2D eigenvalue weighted by molar-refractivity contribution is -0.136. The molecule has 0 aromatic heterocycles. The molecule has 0 aromatic rings. The van der Waals surface area contributed by atoms with Crippen LogP contribution in [0.4, 0.5) is 0 Å². The molecule has 0 saturated carbocycles. The summed E-state index contributed by atoms with van der Waals surface area (Å²) in [5.74, 6) is 0.287. The summed E-state index contributed by atoms with van der Waals surface area (Å²) in [5, 5.41) is 2.98. The highest BCUT2D eigenvalue weighted by Gasteiger charge is 2.40. The van der Waals surface area contributed by atoms with Crippen LogP contribution in [0.3, 0.4) is 0 Å². The molecule has 0 spiro atoms. The van der Waals surface area contributed by atoms with Gasteiger partial charge in [-0.1, -0.05) is 0 Å². The lowest BCUT2D eigenvalue weighted by Crippen LogP contribution is -2.53. The minimum absolute atomic E-state index is 0.0393. The molecule has 2 rings (SSSR count). The van der Waals surface area contributed by atoms with Gasteiger partial charge in [0.05, 0.1) is 16.9 Å². The first-order chi connectivity index (χ1) is 8.97. The van der Waals surface area contributed by atoms with E-state index in [9.17, 15) is 13.2 Å². The Morgan fingerprint density at radius 2 is 1.84 bits per heavy atom. The van der Waals surface area contributed by atoms with Gasteiger partial charge in [0, 0.05) is 25.8 Å². The zero-order valence-electron chi connectivity index (χ0n) is 11.1. The maximum absolute atomic E-state index is 12.4. The molecule has 0 bridgehead atoms. The van der Waals surface area contributed by atoms with E-state index in [-0.39, 0.29) is 23.5 Å². The van der Waals surface area contributed by atoms with Gasteiger partial charge in [-0.25, -0.2) is 8.42 Å².